The van der Waals surface area contributed by atoms with Crippen LogP contribution in [0.3, 0.4) is 0 Å². The summed E-state index contributed by atoms with van der Waals surface area (Å²) in [6, 6.07) is 10.8. The van der Waals surface area contributed by atoms with Crippen LogP contribution in [0.25, 0.3) is 0 Å². The van der Waals surface area contributed by atoms with Crippen LogP contribution in [0.4, 0.5) is 5.69 Å². The molecule has 1 heterocycles. The summed E-state index contributed by atoms with van der Waals surface area (Å²) in [5.74, 6) is -3.73. The molecule has 0 spiro atoms. The lowest BCUT2D eigenvalue weighted by molar-refractivity contribution is -0.149. The maximum absolute atomic E-state index is 12.5. The van der Waals surface area contributed by atoms with Gasteiger partial charge in [0, 0.05) is 24.0 Å². The van der Waals surface area contributed by atoms with E-state index < -0.39 is 42.8 Å². The quantitative estimate of drug-likeness (QED) is 0.175. The molecule has 3 rings (SSSR count). The van der Waals surface area contributed by atoms with Crippen molar-refractivity contribution in [3.63, 3.8) is 0 Å². The largest absolute Gasteiger partial charge is 0.492 e. The summed E-state index contributed by atoms with van der Waals surface area (Å²) in [5.41, 5.74) is 12.1. The summed E-state index contributed by atoms with van der Waals surface area (Å²) >= 11 is 0. The first kappa shape index (κ1) is 24.0. The second-order valence-electron chi connectivity index (χ2n) is 7.42. The Bertz CT molecular complexity index is 1130. The fraction of sp³-hybridized carbons (Fsp3) is 0.227. The zero-order chi connectivity index (χ0) is 24.8. The third-order valence-electron chi connectivity index (χ3n) is 4.86. The molecule has 0 fully saturated rings. The number of carbonyl (C=O) groups excluding carboxylic acids is 2. The molecule has 1 aliphatic rings. The number of rotatable bonds is 9. The molecule has 1 aliphatic heterocycles. The van der Waals surface area contributed by atoms with Crippen LogP contribution in [-0.4, -0.2) is 64.6 Å². The van der Waals surface area contributed by atoms with Crippen molar-refractivity contribution in [1.82, 2.24) is 4.90 Å². The highest BCUT2D eigenvalue weighted by Crippen LogP contribution is 2.38. The minimum Gasteiger partial charge on any atom is -0.492 e. The van der Waals surface area contributed by atoms with Gasteiger partial charge in [-0.3, -0.25) is 14.4 Å². The average molecular weight is 470 g/mol. The van der Waals surface area contributed by atoms with Crippen molar-refractivity contribution in [3.05, 3.63) is 53.6 Å². The Kier molecular flexibility index (Phi) is 7.31. The Balaban J connectivity index is 1.66. The zero-order valence-electron chi connectivity index (χ0n) is 17.8. The number of carbonyl (C=O) groups is 4. The van der Waals surface area contributed by atoms with Crippen molar-refractivity contribution >= 4 is 35.5 Å². The maximum Gasteiger partial charge on any atom is 0.343 e. The van der Waals surface area contributed by atoms with E-state index in [1.165, 1.54) is 18.2 Å². The molecule has 0 radical (unpaired) electrons. The van der Waals surface area contributed by atoms with Gasteiger partial charge in [0.25, 0.3) is 0 Å². The van der Waals surface area contributed by atoms with Gasteiger partial charge in [-0.25, -0.2) is 9.79 Å². The van der Waals surface area contributed by atoms with Crippen LogP contribution < -0.4 is 20.9 Å². The highest BCUT2D eigenvalue weighted by atomic mass is 16.5. The number of guanidine groups is 1. The second kappa shape index (κ2) is 10.3. The molecule has 178 valence electrons. The number of hydrogen-bond donors (Lipinski definition) is 4. The van der Waals surface area contributed by atoms with Crippen molar-refractivity contribution in [2.45, 2.75) is 12.3 Å². The summed E-state index contributed by atoms with van der Waals surface area (Å²) in [6.45, 7) is -1.29. The Morgan fingerprint density at radius 1 is 1.03 bits per heavy atom. The average Bonchev–Trinajstić information content (AvgIpc) is 3.14. The standard InChI is InChI=1S/C22H22N4O8/c23-22(24)25-14-3-1-12(2-4-14)21(32)34-15-5-6-16-13(11-33-17(16)8-15)7-18(27)26(9-19(28)29)10-20(30)31/h1-6,8,13H,7,9-11H2,(H,28,29)(H,30,31)(H4,23,24,25)/t13-/m0/s1. The highest BCUT2D eigenvalue weighted by molar-refractivity contribution is 5.91. The van der Waals surface area contributed by atoms with Gasteiger partial charge in [0.1, 0.15) is 24.6 Å². The van der Waals surface area contributed by atoms with Crippen LogP contribution in [-0.2, 0) is 14.4 Å². The Morgan fingerprint density at radius 2 is 1.68 bits per heavy atom. The van der Waals surface area contributed by atoms with Crippen LogP contribution in [0, 0.1) is 0 Å². The number of esters is 1. The van der Waals surface area contributed by atoms with E-state index in [0.717, 1.165) is 4.90 Å². The van der Waals surface area contributed by atoms with Gasteiger partial charge in [-0.1, -0.05) is 6.07 Å². The van der Waals surface area contributed by atoms with Gasteiger partial charge in [0.15, 0.2) is 5.96 Å². The summed E-state index contributed by atoms with van der Waals surface area (Å²) in [4.78, 5) is 51.4. The fourth-order valence-electron chi connectivity index (χ4n) is 3.38. The molecule has 12 nitrogen and oxygen atoms in total. The fourth-order valence-corrected chi connectivity index (χ4v) is 3.38. The number of carboxylic acid groups (broad SMARTS) is 2. The number of aliphatic imine (C=N–C) groups is 1. The minimum absolute atomic E-state index is 0.107. The first-order chi connectivity index (χ1) is 16.1. The summed E-state index contributed by atoms with van der Waals surface area (Å²) in [6.07, 6.45) is -0.130. The molecule has 0 saturated heterocycles. The van der Waals surface area contributed by atoms with Gasteiger partial charge in [0.2, 0.25) is 5.91 Å². The highest BCUT2D eigenvalue weighted by Gasteiger charge is 2.30. The molecular formula is C22H22N4O8. The molecule has 12 heteroatoms. The van der Waals surface area contributed by atoms with E-state index in [1.54, 1.807) is 24.3 Å². The van der Waals surface area contributed by atoms with E-state index in [4.69, 9.17) is 31.2 Å². The number of hydrogen-bond acceptors (Lipinski definition) is 7. The van der Waals surface area contributed by atoms with Gasteiger partial charge in [-0.15, -0.1) is 0 Å². The summed E-state index contributed by atoms with van der Waals surface area (Å²) < 4.78 is 11.0. The predicted octanol–water partition coefficient (Wildman–Crippen LogP) is 0.675. The Morgan fingerprint density at radius 3 is 2.26 bits per heavy atom. The topological polar surface area (TPSA) is 195 Å². The SMILES string of the molecule is NC(N)=Nc1ccc(C(=O)Oc2ccc3c(c2)OC[C@@H]3CC(=O)N(CC(=O)O)CC(=O)O)cc1. The monoisotopic (exact) mass is 470 g/mol. The van der Waals surface area contributed by atoms with E-state index in [9.17, 15) is 19.2 Å². The molecule has 34 heavy (non-hydrogen) atoms. The number of carboxylic acids is 2. The van der Waals surface area contributed by atoms with E-state index in [1.807, 2.05) is 0 Å². The summed E-state index contributed by atoms with van der Waals surface area (Å²) in [5, 5.41) is 17.9. The molecule has 0 bridgehead atoms. The smallest absolute Gasteiger partial charge is 0.343 e. The van der Waals surface area contributed by atoms with Gasteiger partial charge in [-0.2, -0.15) is 0 Å². The number of amides is 1. The number of benzene rings is 2. The van der Waals surface area contributed by atoms with Crippen molar-refractivity contribution in [2.75, 3.05) is 19.7 Å². The molecule has 2 aromatic carbocycles. The van der Waals surface area contributed by atoms with Crippen molar-refractivity contribution in [2.24, 2.45) is 16.5 Å². The lowest BCUT2D eigenvalue weighted by atomic mass is 9.97. The van der Waals surface area contributed by atoms with E-state index >= 15 is 0 Å². The molecule has 0 unspecified atom stereocenters. The van der Waals surface area contributed by atoms with Crippen LogP contribution in [0.1, 0.15) is 28.3 Å². The van der Waals surface area contributed by atoms with Gasteiger partial charge in [0.05, 0.1) is 17.9 Å². The lowest BCUT2D eigenvalue weighted by Crippen LogP contribution is -2.40. The number of ether oxygens (including phenoxy) is 2. The van der Waals surface area contributed by atoms with Crippen LogP contribution >= 0.6 is 0 Å². The number of fused-ring (bicyclic) bond motifs is 1. The predicted molar refractivity (Wildman–Crippen MR) is 118 cm³/mol. The molecule has 1 atom stereocenters. The number of nitrogens with zero attached hydrogens (tertiary/aromatic N) is 2. The normalized spacial score (nSPS) is 13.8. The zero-order valence-corrected chi connectivity index (χ0v) is 17.8. The lowest BCUT2D eigenvalue weighted by Gasteiger charge is -2.20. The Labute approximate surface area is 193 Å². The maximum atomic E-state index is 12.5. The first-order valence-electron chi connectivity index (χ1n) is 10.0. The molecule has 0 saturated carbocycles. The Hall–Kier alpha value is -4.61. The molecular weight excluding hydrogens is 448 g/mol. The van der Waals surface area contributed by atoms with Crippen LogP contribution in [0.15, 0.2) is 47.5 Å². The summed E-state index contributed by atoms with van der Waals surface area (Å²) in [7, 11) is 0. The first-order valence-corrected chi connectivity index (χ1v) is 10.0. The number of nitrogens with two attached hydrogens (primary N) is 2. The van der Waals surface area contributed by atoms with Gasteiger partial charge < -0.3 is 36.1 Å². The van der Waals surface area contributed by atoms with Crippen molar-refractivity contribution in [3.8, 4) is 11.5 Å². The molecule has 1 amide bonds. The third-order valence-corrected chi connectivity index (χ3v) is 4.86. The third kappa shape index (κ3) is 6.22. The molecule has 2 aromatic rings. The molecule has 6 N–H and O–H groups in total. The molecule has 0 aromatic heterocycles. The number of aliphatic carboxylic acids is 2. The van der Waals surface area contributed by atoms with Crippen LogP contribution in [0.5, 0.6) is 11.5 Å². The van der Waals surface area contributed by atoms with Gasteiger partial charge in [-0.05, 0) is 30.3 Å². The van der Waals surface area contributed by atoms with Crippen molar-refractivity contribution < 1.29 is 38.9 Å². The van der Waals surface area contributed by atoms with E-state index in [-0.39, 0.29) is 30.3 Å². The van der Waals surface area contributed by atoms with E-state index in [2.05, 4.69) is 4.99 Å². The van der Waals surface area contributed by atoms with E-state index in [0.29, 0.717) is 17.0 Å². The van der Waals surface area contributed by atoms with Gasteiger partial charge >= 0.3 is 17.9 Å². The second-order valence-corrected chi connectivity index (χ2v) is 7.42. The van der Waals surface area contributed by atoms with Crippen LogP contribution in [0.2, 0.25) is 0 Å². The minimum atomic E-state index is -1.31. The molecule has 0 aliphatic carbocycles. The van der Waals surface area contributed by atoms with Crippen molar-refractivity contribution in [1.29, 1.82) is 0 Å².